The van der Waals surface area contributed by atoms with Gasteiger partial charge in [-0.15, -0.1) is 0 Å². The second kappa shape index (κ2) is 9.23. The zero-order chi connectivity index (χ0) is 19.1. The van der Waals surface area contributed by atoms with Crippen molar-refractivity contribution in [2.45, 2.75) is 32.9 Å². The minimum Gasteiger partial charge on any atom is -0.493 e. The number of methoxy groups -OCH3 is 1. The zero-order valence-electron chi connectivity index (χ0n) is 15.6. The van der Waals surface area contributed by atoms with Crippen LogP contribution in [0.15, 0.2) is 48.5 Å². The molecule has 0 saturated carbocycles. The molecule has 2 N–H and O–H groups in total. The number of nitrogens with one attached hydrogen (secondary N) is 2. The number of hydrogen-bond acceptors (Lipinski definition) is 5. The lowest BCUT2D eigenvalue weighted by Gasteiger charge is -2.14. The van der Waals surface area contributed by atoms with Gasteiger partial charge in [-0.05, 0) is 41.9 Å². The summed E-state index contributed by atoms with van der Waals surface area (Å²) in [5.74, 6) is 2.32. The number of aryl methyl sites for hydroxylation is 1. The van der Waals surface area contributed by atoms with Gasteiger partial charge < -0.3 is 14.9 Å². The predicted molar refractivity (Wildman–Crippen MR) is 108 cm³/mol. The molecule has 3 aromatic rings. The molecule has 0 aliphatic heterocycles. The Morgan fingerprint density at radius 3 is 2.67 bits per heavy atom. The highest BCUT2D eigenvalue weighted by molar-refractivity contribution is 7.71. The van der Waals surface area contributed by atoms with E-state index in [0.29, 0.717) is 23.7 Å². The molecule has 0 fully saturated rings. The highest BCUT2D eigenvalue weighted by Gasteiger charge is 2.08. The Kier molecular flexibility index (Phi) is 6.49. The van der Waals surface area contributed by atoms with Crippen molar-refractivity contribution in [3.8, 4) is 11.5 Å². The summed E-state index contributed by atoms with van der Waals surface area (Å²) in [6, 6.07) is 16.0. The van der Waals surface area contributed by atoms with Crippen LogP contribution in [0.25, 0.3) is 0 Å². The molecule has 0 unspecified atom stereocenters. The minimum absolute atomic E-state index is 0.499. The number of H-pyrrole nitrogens is 1. The summed E-state index contributed by atoms with van der Waals surface area (Å²) in [6.45, 7) is 3.21. The number of benzene rings is 2. The van der Waals surface area contributed by atoms with E-state index in [-0.39, 0.29) is 0 Å². The molecule has 142 valence electrons. The molecular formula is C20H24N4O2S. The van der Waals surface area contributed by atoms with Gasteiger partial charge in [-0.3, -0.25) is 5.10 Å². The molecule has 0 atom stereocenters. The average Bonchev–Trinajstić information content (AvgIpc) is 3.05. The Bertz CT molecular complexity index is 921. The summed E-state index contributed by atoms with van der Waals surface area (Å²) in [5.41, 5.74) is 5.49. The summed E-state index contributed by atoms with van der Waals surface area (Å²) in [4.78, 5) is 0. The van der Waals surface area contributed by atoms with Crippen molar-refractivity contribution in [3.05, 3.63) is 70.3 Å². The molecule has 1 aromatic heterocycles. The Morgan fingerprint density at radius 1 is 1.11 bits per heavy atom. The Balaban J connectivity index is 1.67. The number of aromatic nitrogens is 3. The van der Waals surface area contributed by atoms with Gasteiger partial charge in [0.25, 0.3) is 0 Å². The minimum atomic E-state index is 0.499. The van der Waals surface area contributed by atoms with Crippen LogP contribution >= 0.6 is 12.2 Å². The van der Waals surface area contributed by atoms with Gasteiger partial charge >= 0.3 is 0 Å². The molecule has 0 amide bonds. The summed E-state index contributed by atoms with van der Waals surface area (Å²) in [7, 11) is 1.65. The van der Waals surface area contributed by atoms with Crippen LogP contribution in [0, 0.1) is 4.77 Å². The van der Waals surface area contributed by atoms with Crippen LogP contribution in [0.2, 0.25) is 0 Å². The smallest absolute Gasteiger partial charge is 0.214 e. The van der Waals surface area contributed by atoms with Gasteiger partial charge in [0.15, 0.2) is 17.3 Å². The maximum Gasteiger partial charge on any atom is 0.214 e. The first kappa shape index (κ1) is 19.0. The second-order valence-electron chi connectivity index (χ2n) is 6.12. The largest absolute Gasteiger partial charge is 0.493 e. The molecule has 3 rings (SSSR count). The fourth-order valence-electron chi connectivity index (χ4n) is 2.73. The van der Waals surface area contributed by atoms with E-state index in [2.05, 4.69) is 22.5 Å². The van der Waals surface area contributed by atoms with Gasteiger partial charge in [0, 0.05) is 6.42 Å². The summed E-state index contributed by atoms with van der Waals surface area (Å²) >= 11 is 5.29. The van der Waals surface area contributed by atoms with E-state index in [1.54, 1.807) is 7.11 Å². The molecule has 1 heterocycles. The van der Waals surface area contributed by atoms with Crippen LogP contribution in [0.3, 0.4) is 0 Å². The Hall–Kier alpha value is -2.80. The first-order valence-corrected chi connectivity index (χ1v) is 9.36. The standard InChI is InChI=1S/C20H24N4O2S/c1-3-7-19-22-23-20(27)24(19)21-13-16-10-11-17(18(12-16)25-2)26-14-15-8-5-4-6-9-15/h4-6,8-12,21H,3,7,13-14H2,1-2H3,(H,23,27). The topological polar surface area (TPSA) is 64.1 Å². The third kappa shape index (κ3) is 4.89. The first-order chi connectivity index (χ1) is 13.2. The Labute approximate surface area is 164 Å². The van der Waals surface area contributed by atoms with Crippen LogP contribution in [-0.4, -0.2) is 22.0 Å². The van der Waals surface area contributed by atoms with Crippen LogP contribution in [0.1, 0.15) is 30.3 Å². The molecule has 0 bridgehead atoms. The molecule has 0 aliphatic carbocycles. The second-order valence-corrected chi connectivity index (χ2v) is 6.51. The Morgan fingerprint density at radius 2 is 1.93 bits per heavy atom. The van der Waals surface area contributed by atoms with Crippen molar-refractivity contribution in [3.63, 3.8) is 0 Å². The molecular weight excluding hydrogens is 360 g/mol. The number of nitrogens with zero attached hydrogens (tertiary/aromatic N) is 2. The van der Waals surface area contributed by atoms with E-state index >= 15 is 0 Å². The normalized spacial score (nSPS) is 10.6. The quantitative estimate of drug-likeness (QED) is 0.541. The lowest BCUT2D eigenvalue weighted by atomic mass is 10.2. The third-order valence-electron chi connectivity index (χ3n) is 4.12. The van der Waals surface area contributed by atoms with Crippen LogP contribution < -0.4 is 14.9 Å². The van der Waals surface area contributed by atoms with Crippen LogP contribution in [-0.2, 0) is 19.6 Å². The van der Waals surface area contributed by atoms with E-state index in [1.807, 2.05) is 53.2 Å². The van der Waals surface area contributed by atoms with Crippen LogP contribution in [0.4, 0.5) is 0 Å². The van der Waals surface area contributed by atoms with Gasteiger partial charge in [-0.2, -0.15) is 5.10 Å². The van der Waals surface area contributed by atoms with Gasteiger partial charge in [0.2, 0.25) is 4.77 Å². The van der Waals surface area contributed by atoms with E-state index in [9.17, 15) is 0 Å². The van der Waals surface area contributed by atoms with Gasteiger partial charge in [0.05, 0.1) is 13.7 Å². The number of rotatable bonds is 9. The molecule has 0 spiro atoms. The lowest BCUT2D eigenvalue weighted by Crippen LogP contribution is -2.17. The van der Waals surface area contributed by atoms with Crippen molar-refractivity contribution in [1.29, 1.82) is 0 Å². The van der Waals surface area contributed by atoms with Gasteiger partial charge in [-0.25, -0.2) is 4.68 Å². The number of hydrogen-bond donors (Lipinski definition) is 2. The maximum atomic E-state index is 5.91. The summed E-state index contributed by atoms with van der Waals surface area (Å²) in [6.07, 6.45) is 1.86. The monoisotopic (exact) mass is 384 g/mol. The third-order valence-corrected chi connectivity index (χ3v) is 4.40. The fourth-order valence-corrected chi connectivity index (χ4v) is 2.95. The van der Waals surface area contributed by atoms with Crippen LogP contribution in [0.5, 0.6) is 11.5 Å². The molecule has 27 heavy (non-hydrogen) atoms. The fraction of sp³-hybridized carbons (Fsp3) is 0.300. The zero-order valence-corrected chi connectivity index (χ0v) is 16.4. The highest BCUT2D eigenvalue weighted by Crippen LogP contribution is 2.29. The molecule has 2 aromatic carbocycles. The average molecular weight is 385 g/mol. The maximum absolute atomic E-state index is 5.91. The molecule has 6 nitrogen and oxygen atoms in total. The molecule has 0 radical (unpaired) electrons. The van der Waals surface area contributed by atoms with Crippen molar-refractivity contribution < 1.29 is 9.47 Å². The van der Waals surface area contributed by atoms with Crippen molar-refractivity contribution in [2.75, 3.05) is 12.5 Å². The summed E-state index contributed by atoms with van der Waals surface area (Å²) in [5, 5.41) is 7.09. The molecule has 0 saturated heterocycles. The first-order valence-electron chi connectivity index (χ1n) is 8.95. The molecule has 7 heteroatoms. The SMILES string of the molecule is CCCc1n[nH]c(=S)n1NCc1ccc(OCc2ccccc2)c(OC)c1. The van der Waals surface area contributed by atoms with Crippen molar-refractivity contribution in [2.24, 2.45) is 0 Å². The highest BCUT2D eigenvalue weighted by atomic mass is 32.1. The van der Waals surface area contributed by atoms with Gasteiger partial charge in [0.1, 0.15) is 6.61 Å². The van der Waals surface area contributed by atoms with Crippen molar-refractivity contribution >= 4 is 12.2 Å². The number of ether oxygens (including phenoxy) is 2. The van der Waals surface area contributed by atoms with E-state index in [1.165, 1.54) is 0 Å². The van der Waals surface area contributed by atoms with Crippen molar-refractivity contribution in [1.82, 2.24) is 14.9 Å². The molecule has 0 aliphatic rings. The van der Waals surface area contributed by atoms with E-state index in [4.69, 9.17) is 21.7 Å². The van der Waals surface area contributed by atoms with E-state index < -0.39 is 0 Å². The van der Waals surface area contributed by atoms with E-state index in [0.717, 1.165) is 35.5 Å². The number of aromatic amines is 1. The predicted octanol–water partition coefficient (Wildman–Crippen LogP) is 4.22. The lowest BCUT2D eigenvalue weighted by molar-refractivity contribution is 0.284. The van der Waals surface area contributed by atoms with Gasteiger partial charge in [-0.1, -0.05) is 43.3 Å². The summed E-state index contributed by atoms with van der Waals surface area (Å²) < 4.78 is 13.8.